The van der Waals surface area contributed by atoms with Crippen molar-refractivity contribution in [3.05, 3.63) is 78.2 Å². The van der Waals surface area contributed by atoms with E-state index in [1.165, 1.54) is 0 Å². The number of furan rings is 1. The van der Waals surface area contributed by atoms with Gasteiger partial charge in [-0.2, -0.15) is 0 Å². The molecule has 0 saturated carbocycles. The summed E-state index contributed by atoms with van der Waals surface area (Å²) < 4.78 is 5.66. The van der Waals surface area contributed by atoms with Gasteiger partial charge in [-0.15, -0.1) is 0 Å². The summed E-state index contributed by atoms with van der Waals surface area (Å²) >= 11 is 0. The van der Waals surface area contributed by atoms with Gasteiger partial charge in [0.05, 0.1) is 5.52 Å². The van der Waals surface area contributed by atoms with Crippen LogP contribution >= 0.6 is 0 Å². The molecule has 0 aliphatic rings. The fourth-order valence-electron chi connectivity index (χ4n) is 2.52. The standard InChI is InChI=1S/C18H11NO2/c20-18(17-11-12-5-1-4-8-16(12)21-17)14-9-10-19-15-7-3-2-6-13(14)15/h1-11H. The first-order chi connectivity index (χ1) is 10.3. The number of fused-ring (bicyclic) bond motifs is 2. The minimum atomic E-state index is -0.121. The van der Waals surface area contributed by atoms with Crippen LogP contribution in [0.5, 0.6) is 0 Å². The Kier molecular flexibility index (Phi) is 2.57. The molecular weight excluding hydrogens is 262 g/mol. The number of aromatic nitrogens is 1. The zero-order valence-corrected chi connectivity index (χ0v) is 11.1. The molecule has 0 atom stereocenters. The van der Waals surface area contributed by atoms with E-state index in [9.17, 15) is 4.79 Å². The number of carbonyl (C=O) groups excluding carboxylic acids is 1. The van der Waals surface area contributed by atoms with Gasteiger partial charge < -0.3 is 4.42 Å². The number of rotatable bonds is 2. The van der Waals surface area contributed by atoms with Crippen LogP contribution in [0.25, 0.3) is 21.9 Å². The second-order valence-corrected chi connectivity index (χ2v) is 4.85. The molecule has 4 aromatic rings. The highest BCUT2D eigenvalue weighted by Crippen LogP contribution is 2.24. The molecule has 3 nitrogen and oxygen atoms in total. The minimum Gasteiger partial charge on any atom is -0.453 e. The molecule has 0 N–H and O–H groups in total. The van der Waals surface area contributed by atoms with E-state index in [0.29, 0.717) is 11.3 Å². The summed E-state index contributed by atoms with van der Waals surface area (Å²) in [5, 5.41) is 1.77. The lowest BCUT2D eigenvalue weighted by Gasteiger charge is -2.02. The molecule has 100 valence electrons. The Balaban J connectivity index is 1.90. The highest BCUT2D eigenvalue weighted by molar-refractivity contribution is 6.15. The van der Waals surface area contributed by atoms with Gasteiger partial charge in [0.1, 0.15) is 5.58 Å². The molecule has 0 spiro atoms. The summed E-state index contributed by atoms with van der Waals surface area (Å²) in [6, 6.07) is 18.7. The SMILES string of the molecule is O=C(c1cc2ccccc2o1)c1ccnc2ccccc12. The van der Waals surface area contributed by atoms with Crippen molar-refractivity contribution in [1.29, 1.82) is 0 Å². The van der Waals surface area contributed by atoms with Gasteiger partial charge in [0.15, 0.2) is 5.76 Å². The number of hydrogen-bond acceptors (Lipinski definition) is 3. The largest absolute Gasteiger partial charge is 0.453 e. The van der Waals surface area contributed by atoms with E-state index in [0.717, 1.165) is 21.9 Å². The van der Waals surface area contributed by atoms with Gasteiger partial charge in [-0.25, -0.2) is 0 Å². The highest BCUT2D eigenvalue weighted by Gasteiger charge is 2.17. The molecule has 2 heterocycles. The Morgan fingerprint density at radius 2 is 1.76 bits per heavy atom. The molecule has 0 aliphatic heterocycles. The Morgan fingerprint density at radius 1 is 0.952 bits per heavy atom. The monoisotopic (exact) mass is 273 g/mol. The molecule has 0 radical (unpaired) electrons. The predicted octanol–water partition coefficient (Wildman–Crippen LogP) is 4.21. The maximum absolute atomic E-state index is 12.7. The molecule has 2 aromatic carbocycles. The molecule has 0 bridgehead atoms. The van der Waals surface area contributed by atoms with Crippen molar-refractivity contribution >= 4 is 27.7 Å². The molecule has 0 aliphatic carbocycles. The number of ketones is 1. The van der Waals surface area contributed by atoms with E-state index in [1.807, 2.05) is 48.5 Å². The molecule has 0 fully saturated rings. The van der Waals surface area contributed by atoms with E-state index in [1.54, 1.807) is 18.3 Å². The lowest BCUT2D eigenvalue weighted by Crippen LogP contribution is -2.01. The van der Waals surface area contributed by atoms with Gasteiger partial charge in [-0.1, -0.05) is 36.4 Å². The molecule has 0 amide bonds. The van der Waals surface area contributed by atoms with Crippen molar-refractivity contribution in [2.75, 3.05) is 0 Å². The summed E-state index contributed by atoms with van der Waals surface area (Å²) in [7, 11) is 0. The number of hydrogen-bond donors (Lipinski definition) is 0. The van der Waals surface area contributed by atoms with Crippen molar-refractivity contribution in [2.45, 2.75) is 0 Å². The summed E-state index contributed by atoms with van der Waals surface area (Å²) in [6.45, 7) is 0. The fourth-order valence-corrected chi connectivity index (χ4v) is 2.52. The van der Waals surface area contributed by atoms with Crippen molar-refractivity contribution < 1.29 is 9.21 Å². The van der Waals surface area contributed by atoms with E-state index in [2.05, 4.69) is 4.98 Å². The van der Waals surface area contributed by atoms with Crippen LogP contribution in [0.15, 0.2) is 71.3 Å². The number of benzene rings is 2. The lowest BCUT2D eigenvalue weighted by molar-refractivity contribution is 0.101. The summed E-state index contributed by atoms with van der Waals surface area (Å²) in [5.74, 6) is 0.234. The van der Waals surface area contributed by atoms with Gasteiger partial charge in [0, 0.05) is 22.5 Å². The highest BCUT2D eigenvalue weighted by atomic mass is 16.3. The second kappa shape index (κ2) is 4.56. The second-order valence-electron chi connectivity index (χ2n) is 4.85. The first kappa shape index (κ1) is 11.9. The molecule has 4 rings (SSSR count). The van der Waals surface area contributed by atoms with Crippen LogP contribution in [-0.4, -0.2) is 10.8 Å². The van der Waals surface area contributed by atoms with Gasteiger partial charge in [-0.05, 0) is 24.3 Å². The third kappa shape index (κ3) is 1.91. The van der Waals surface area contributed by atoms with Crippen molar-refractivity contribution in [3.63, 3.8) is 0 Å². The fraction of sp³-hybridized carbons (Fsp3) is 0. The predicted molar refractivity (Wildman–Crippen MR) is 81.4 cm³/mol. The molecule has 0 saturated heterocycles. The topological polar surface area (TPSA) is 43.1 Å². The Bertz CT molecular complexity index is 931. The van der Waals surface area contributed by atoms with Crippen LogP contribution in [0.1, 0.15) is 16.1 Å². The normalized spacial score (nSPS) is 11.0. The first-order valence-corrected chi connectivity index (χ1v) is 6.70. The van der Waals surface area contributed by atoms with Gasteiger partial charge in [0.2, 0.25) is 5.78 Å². The maximum atomic E-state index is 12.7. The Hall–Kier alpha value is -2.94. The first-order valence-electron chi connectivity index (χ1n) is 6.70. The van der Waals surface area contributed by atoms with E-state index in [4.69, 9.17) is 4.42 Å². The average Bonchev–Trinajstić information content (AvgIpc) is 2.97. The molecule has 21 heavy (non-hydrogen) atoms. The summed E-state index contributed by atoms with van der Waals surface area (Å²) in [5.41, 5.74) is 2.14. The average molecular weight is 273 g/mol. The van der Waals surface area contributed by atoms with Crippen LogP contribution in [0.3, 0.4) is 0 Å². The van der Waals surface area contributed by atoms with Crippen LogP contribution in [0.2, 0.25) is 0 Å². The third-order valence-corrected chi connectivity index (χ3v) is 3.54. The maximum Gasteiger partial charge on any atom is 0.228 e. The van der Waals surface area contributed by atoms with Crippen molar-refractivity contribution in [3.8, 4) is 0 Å². The molecule has 2 aromatic heterocycles. The minimum absolute atomic E-state index is 0.121. The summed E-state index contributed by atoms with van der Waals surface area (Å²) in [6.07, 6.45) is 1.65. The van der Waals surface area contributed by atoms with Crippen molar-refractivity contribution in [2.24, 2.45) is 0 Å². The zero-order chi connectivity index (χ0) is 14.2. The van der Waals surface area contributed by atoms with Crippen LogP contribution in [-0.2, 0) is 0 Å². The van der Waals surface area contributed by atoms with Crippen LogP contribution in [0, 0.1) is 0 Å². The number of carbonyl (C=O) groups is 1. The van der Waals surface area contributed by atoms with E-state index < -0.39 is 0 Å². The number of para-hydroxylation sites is 2. The summed E-state index contributed by atoms with van der Waals surface area (Å²) in [4.78, 5) is 17.0. The van der Waals surface area contributed by atoms with Crippen LogP contribution in [0.4, 0.5) is 0 Å². The van der Waals surface area contributed by atoms with E-state index >= 15 is 0 Å². The lowest BCUT2D eigenvalue weighted by atomic mass is 10.0. The zero-order valence-electron chi connectivity index (χ0n) is 11.1. The van der Waals surface area contributed by atoms with Crippen molar-refractivity contribution in [1.82, 2.24) is 4.98 Å². The smallest absolute Gasteiger partial charge is 0.228 e. The van der Waals surface area contributed by atoms with Gasteiger partial charge in [0.25, 0.3) is 0 Å². The molecule has 0 unspecified atom stereocenters. The molecular formula is C18H11NO2. The van der Waals surface area contributed by atoms with Gasteiger partial charge in [-0.3, -0.25) is 9.78 Å². The third-order valence-electron chi connectivity index (χ3n) is 3.54. The number of nitrogens with zero attached hydrogens (tertiary/aromatic N) is 1. The van der Waals surface area contributed by atoms with Crippen LogP contribution < -0.4 is 0 Å². The Morgan fingerprint density at radius 3 is 2.67 bits per heavy atom. The van der Waals surface area contributed by atoms with Gasteiger partial charge >= 0.3 is 0 Å². The number of pyridine rings is 1. The molecule has 3 heteroatoms. The quantitative estimate of drug-likeness (QED) is 0.514. The Labute approximate surface area is 120 Å². The van der Waals surface area contributed by atoms with E-state index in [-0.39, 0.29) is 5.78 Å².